The van der Waals surface area contributed by atoms with Gasteiger partial charge in [-0.1, -0.05) is 0 Å². The lowest BCUT2D eigenvalue weighted by Gasteiger charge is -2.13. The summed E-state index contributed by atoms with van der Waals surface area (Å²) in [6.07, 6.45) is -0.649. The van der Waals surface area contributed by atoms with Gasteiger partial charge in [-0.05, 0) is 0 Å². The van der Waals surface area contributed by atoms with Gasteiger partial charge in [0.1, 0.15) is 12.3 Å². The normalized spacial score (nSPS) is 29.5. The highest BCUT2D eigenvalue weighted by Gasteiger charge is 2.34. The van der Waals surface area contributed by atoms with Crippen LogP contribution in [0.25, 0.3) is 0 Å². The highest BCUT2D eigenvalue weighted by molar-refractivity contribution is 4.88. The molecule has 0 bridgehead atoms. The first kappa shape index (κ1) is 11.1. The van der Waals surface area contributed by atoms with Gasteiger partial charge >= 0.3 is 5.69 Å². The Kier molecular flexibility index (Phi) is 2.90. The van der Waals surface area contributed by atoms with Crippen molar-refractivity contribution in [3.63, 3.8) is 0 Å². The Morgan fingerprint density at radius 2 is 2.31 bits per heavy atom. The number of ether oxygens (including phenoxy) is 1. The van der Waals surface area contributed by atoms with Crippen molar-refractivity contribution in [1.29, 1.82) is 0 Å². The molecule has 0 radical (unpaired) electrons. The third-order valence-electron chi connectivity index (χ3n) is 2.55. The third kappa shape index (κ3) is 1.92. The van der Waals surface area contributed by atoms with Crippen molar-refractivity contribution in [3.8, 4) is 0 Å². The zero-order chi connectivity index (χ0) is 11.7. The number of aliphatic hydroxyl groups excluding tert-OH is 2. The van der Waals surface area contributed by atoms with Crippen LogP contribution in [0, 0.1) is 0 Å². The molecule has 2 heterocycles. The second kappa shape index (κ2) is 4.20. The first-order valence-corrected chi connectivity index (χ1v) is 4.87. The molecule has 0 spiro atoms. The van der Waals surface area contributed by atoms with Gasteiger partial charge in [-0.3, -0.25) is 14.3 Å². The molecule has 1 unspecified atom stereocenters. The average Bonchev–Trinajstić information content (AvgIpc) is 2.59. The van der Waals surface area contributed by atoms with Crippen LogP contribution in [0.15, 0.2) is 21.9 Å². The van der Waals surface area contributed by atoms with Crippen molar-refractivity contribution in [1.82, 2.24) is 9.55 Å². The van der Waals surface area contributed by atoms with Crippen molar-refractivity contribution in [3.05, 3.63) is 33.1 Å². The summed E-state index contributed by atoms with van der Waals surface area (Å²) in [5, 5.41) is 18.4. The van der Waals surface area contributed by atoms with Crippen LogP contribution >= 0.6 is 0 Å². The van der Waals surface area contributed by atoms with Gasteiger partial charge in [-0.15, -0.1) is 0 Å². The molecule has 1 saturated heterocycles. The zero-order valence-electron chi connectivity index (χ0n) is 8.37. The van der Waals surface area contributed by atoms with Crippen LogP contribution in [-0.2, 0) is 4.74 Å². The van der Waals surface area contributed by atoms with E-state index in [1.165, 1.54) is 16.8 Å². The highest BCUT2D eigenvalue weighted by Crippen LogP contribution is 2.26. The third-order valence-corrected chi connectivity index (χ3v) is 2.55. The summed E-state index contributed by atoms with van der Waals surface area (Å²) in [5.41, 5.74) is -1.08. The predicted octanol–water partition coefficient (Wildman–Crippen LogP) is -1.82. The van der Waals surface area contributed by atoms with Crippen LogP contribution in [0.3, 0.4) is 0 Å². The second-order valence-electron chi connectivity index (χ2n) is 3.63. The predicted molar refractivity (Wildman–Crippen MR) is 52.9 cm³/mol. The lowest BCUT2D eigenvalue weighted by atomic mass is 10.2. The Labute approximate surface area is 89.9 Å². The molecule has 1 aliphatic rings. The number of aliphatic hydroxyl groups is 2. The number of nitrogens with zero attached hydrogens (tertiary/aromatic N) is 1. The molecule has 1 fully saturated rings. The van der Waals surface area contributed by atoms with Crippen LogP contribution < -0.4 is 11.2 Å². The summed E-state index contributed by atoms with van der Waals surface area (Å²) in [4.78, 5) is 24.3. The van der Waals surface area contributed by atoms with Crippen molar-refractivity contribution in [2.45, 2.75) is 24.9 Å². The maximum atomic E-state index is 11.4. The van der Waals surface area contributed by atoms with Gasteiger partial charge in [-0.2, -0.15) is 0 Å². The van der Waals surface area contributed by atoms with E-state index >= 15 is 0 Å². The largest absolute Gasteiger partial charge is 0.394 e. The first-order valence-electron chi connectivity index (χ1n) is 4.87. The minimum Gasteiger partial charge on any atom is -0.394 e. The van der Waals surface area contributed by atoms with Crippen LogP contribution in [-0.4, -0.2) is 38.6 Å². The molecule has 88 valence electrons. The molecule has 16 heavy (non-hydrogen) atoms. The monoisotopic (exact) mass is 228 g/mol. The number of hydrogen-bond donors (Lipinski definition) is 3. The molecule has 0 saturated carbocycles. The molecule has 2 rings (SSSR count). The lowest BCUT2D eigenvalue weighted by Crippen LogP contribution is -2.31. The van der Waals surface area contributed by atoms with Gasteiger partial charge in [0.05, 0.1) is 12.7 Å². The molecule has 1 aromatic rings. The molecule has 7 heteroatoms. The Bertz CT molecular complexity index is 479. The Balaban J connectivity index is 2.27. The number of aromatic amines is 1. The maximum absolute atomic E-state index is 11.4. The summed E-state index contributed by atoms with van der Waals surface area (Å²) in [7, 11) is 0. The first-order chi connectivity index (χ1) is 7.61. The molecule has 3 N–H and O–H groups in total. The van der Waals surface area contributed by atoms with Crippen LogP contribution in [0.2, 0.25) is 0 Å². The van der Waals surface area contributed by atoms with E-state index in [2.05, 4.69) is 4.98 Å². The minimum atomic E-state index is -0.811. The minimum absolute atomic E-state index is 0.206. The summed E-state index contributed by atoms with van der Waals surface area (Å²) in [5.74, 6) is 0. The summed E-state index contributed by atoms with van der Waals surface area (Å²) >= 11 is 0. The van der Waals surface area contributed by atoms with Gasteiger partial charge in [0.15, 0.2) is 0 Å². The molecular weight excluding hydrogens is 216 g/mol. The molecule has 0 aliphatic carbocycles. The molecular formula is C9H12N2O5. The van der Waals surface area contributed by atoms with E-state index in [1.807, 2.05) is 0 Å². The summed E-state index contributed by atoms with van der Waals surface area (Å²) in [6.45, 7) is -0.310. The fraction of sp³-hybridized carbons (Fsp3) is 0.556. The van der Waals surface area contributed by atoms with Crippen LogP contribution in [0.5, 0.6) is 0 Å². The number of H-pyrrole nitrogens is 1. The van der Waals surface area contributed by atoms with Gasteiger partial charge in [-0.25, -0.2) is 4.79 Å². The van der Waals surface area contributed by atoms with Gasteiger partial charge in [0.25, 0.3) is 5.56 Å². The smallest absolute Gasteiger partial charge is 0.330 e. The molecule has 3 atom stereocenters. The van der Waals surface area contributed by atoms with E-state index in [-0.39, 0.29) is 13.0 Å². The number of aromatic nitrogens is 2. The van der Waals surface area contributed by atoms with Crippen molar-refractivity contribution in [2.24, 2.45) is 0 Å². The van der Waals surface area contributed by atoms with Crippen LogP contribution in [0.1, 0.15) is 12.6 Å². The number of nitrogens with one attached hydrogen (secondary N) is 1. The number of hydrogen-bond acceptors (Lipinski definition) is 5. The van der Waals surface area contributed by atoms with Crippen molar-refractivity contribution >= 4 is 0 Å². The highest BCUT2D eigenvalue weighted by atomic mass is 16.5. The number of rotatable bonds is 2. The Morgan fingerprint density at radius 1 is 1.56 bits per heavy atom. The molecule has 7 nitrogen and oxygen atoms in total. The summed E-state index contributed by atoms with van der Waals surface area (Å²) in [6, 6.07) is 1.20. The zero-order valence-corrected chi connectivity index (χ0v) is 8.37. The van der Waals surface area contributed by atoms with E-state index in [0.29, 0.717) is 0 Å². The fourth-order valence-corrected chi connectivity index (χ4v) is 1.70. The molecule has 0 amide bonds. The molecule has 1 aromatic heterocycles. The topological polar surface area (TPSA) is 105 Å². The maximum Gasteiger partial charge on any atom is 0.330 e. The molecule has 1 aliphatic heterocycles. The van der Waals surface area contributed by atoms with E-state index in [1.54, 1.807) is 0 Å². The van der Waals surface area contributed by atoms with Crippen LogP contribution in [0.4, 0.5) is 0 Å². The average molecular weight is 228 g/mol. The fourth-order valence-electron chi connectivity index (χ4n) is 1.70. The van der Waals surface area contributed by atoms with E-state index in [0.717, 1.165) is 0 Å². The SMILES string of the molecule is O=c1ccn([C@H]2C[C@@H](O)C(CO)O2)c(=O)[nH]1. The standard InChI is InChI=1S/C9H12N2O5/c12-4-6-5(13)3-8(16-6)11-2-1-7(14)10-9(11)15/h1-2,5-6,8,12-13H,3-4H2,(H,10,14,15)/t5-,6?,8-/m1/s1. The van der Waals surface area contributed by atoms with E-state index in [4.69, 9.17) is 9.84 Å². The van der Waals surface area contributed by atoms with E-state index in [9.17, 15) is 14.7 Å². The Hall–Kier alpha value is -1.44. The Morgan fingerprint density at radius 3 is 2.88 bits per heavy atom. The van der Waals surface area contributed by atoms with Gasteiger partial charge < -0.3 is 14.9 Å². The lowest BCUT2D eigenvalue weighted by molar-refractivity contribution is -0.0459. The van der Waals surface area contributed by atoms with Crippen molar-refractivity contribution in [2.75, 3.05) is 6.61 Å². The quantitative estimate of drug-likeness (QED) is 0.552. The molecule has 0 aromatic carbocycles. The van der Waals surface area contributed by atoms with Gasteiger partial charge in [0.2, 0.25) is 0 Å². The second-order valence-corrected chi connectivity index (χ2v) is 3.63. The van der Waals surface area contributed by atoms with Gasteiger partial charge in [0, 0.05) is 18.7 Å². The summed E-state index contributed by atoms with van der Waals surface area (Å²) < 4.78 is 6.45. The van der Waals surface area contributed by atoms with Crippen molar-refractivity contribution < 1.29 is 14.9 Å². The van der Waals surface area contributed by atoms with E-state index < -0.39 is 29.7 Å².